The highest BCUT2D eigenvalue weighted by atomic mass is 31.1. The summed E-state index contributed by atoms with van der Waals surface area (Å²) in [6.45, 7) is 16.3. The Bertz CT molecular complexity index is 462. The summed E-state index contributed by atoms with van der Waals surface area (Å²) in [4.78, 5) is 24.4. The Balaban J connectivity index is 4.83. The molecule has 0 spiro atoms. The third kappa shape index (κ3) is 14.3. The molecule has 26 heavy (non-hydrogen) atoms. The van der Waals surface area contributed by atoms with Crippen LogP contribution in [0.15, 0.2) is 0 Å². The molecule has 0 heterocycles. The van der Waals surface area contributed by atoms with E-state index in [0.29, 0.717) is 12.8 Å². The van der Waals surface area contributed by atoms with Crippen molar-refractivity contribution in [2.24, 2.45) is 5.92 Å². The van der Waals surface area contributed by atoms with E-state index in [2.05, 4.69) is 0 Å². The number of ether oxygens (including phenoxy) is 2. The normalized spacial score (nSPS) is 15.3. The molecule has 0 bridgehead atoms. The van der Waals surface area contributed by atoms with E-state index in [1.807, 2.05) is 20.8 Å². The second-order valence-electron chi connectivity index (χ2n) is 9.48. The maximum atomic E-state index is 12.4. The first-order valence-corrected chi connectivity index (χ1v) is 10.7. The molecule has 0 rings (SSSR count). The fraction of sp³-hybridized carbons (Fsp3) is 0.895. The van der Waals surface area contributed by atoms with Crippen LogP contribution in [0.2, 0.25) is 0 Å². The van der Waals surface area contributed by atoms with Crippen molar-refractivity contribution in [1.82, 2.24) is 0 Å². The van der Waals surface area contributed by atoms with E-state index in [1.54, 1.807) is 41.5 Å². The molecule has 0 saturated heterocycles. The highest BCUT2D eigenvalue weighted by molar-refractivity contribution is 7.39. The summed E-state index contributed by atoms with van der Waals surface area (Å²) in [7, 11) is -2.26. The standard InChI is InChI=1S/C19H37O6P/c1-17(2,3)23-15(20)11-10-14(16(21)24-18(4,5)6)12-13-26(22)25-19(7,8)9/h14,26H,10-13H2,1-9H3. The summed E-state index contributed by atoms with van der Waals surface area (Å²) in [5.41, 5.74) is -1.67. The molecule has 0 aliphatic carbocycles. The maximum absolute atomic E-state index is 12.4. The SMILES string of the molecule is CC(C)(C)OC(=O)CCC(CC[PH](=O)OC(C)(C)C)C(=O)OC(C)(C)C. The molecule has 0 aliphatic heterocycles. The molecule has 6 nitrogen and oxygen atoms in total. The molecule has 154 valence electrons. The predicted molar refractivity (Wildman–Crippen MR) is 104 cm³/mol. The first-order chi connectivity index (χ1) is 11.5. The molecule has 2 atom stereocenters. The summed E-state index contributed by atoms with van der Waals surface area (Å²) in [6, 6.07) is 0. The van der Waals surface area contributed by atoms with Gasteiger partial charge in [-0.1, -0.05) is 0 Å². The van der Waals surface area contributed by atoms with Gasteiger partial charge in [-0.2, -0.15) is 0 Å². The third-order valence-corrected chi connectivity index (χ3v) is 4.51. The number of carbonyl (C=O) groups excluding carboxylic acids is 2. The van der Waals surface area contributed by atoms with Crippen LogP contribution in [-0.2, 0) is 28.2 Å². The van der Waals surface area contributed by atoms with Gasteiger partial charge in [0.2, 0.25) is 0 Å². The predicted octanol–water partition coefficient (Wildman–Crippen LogP) is 4.75. The number of hydrogen-bond donors (Lipinski definition) is 0. The number of hydrogen-bond acceptors (Lipinski definition) is 6. The van der Waals surface area contributed by atoms with Crippen molar-refractivity contribution in [3.8, 4) is 0 Å². The molecule has 0 aromatic rings. The minimum absolute atomic E-state index is 0.113. The average molecular weight is 392 g/mol. The second kappa shape index (κ2) is 9.89. The van der Waals surface area contributed by atoms with Gasteiger partial charge in [0.05, 0.1) is 11.5 Å². The lowest BCUT2D eigenvalue weighted by molar-refractivity contribution is -0.161. The van der Waals surface area contributed by atoms with Crippen LogP contribution in [-0.4, -0.2) is 34.9 Å². The van der Waals surface area contributed by atoms with Gasteiger partial charge >= 0.3 is 11.9 Å². The van der Waals surface area contributed by atoms with Crippen molar-refractivity contribution >= 4 is 20.0 Å². The van der Waals surface area contributed by atoms with E-state index < -0.39 is 30.7 Å². The van der Waals surface area contributed by atoms with Gasteiger partial charge < -0.3 is 14.0 Å². The van der Waals surface area contributed by atoms with Gasteiger partial charge in [0.15, 0.2) is 8.03 Å². The number of rotatable bonds is 8. The van der Waals surface area contributed by atoms with Gasteiger partial charge in [0.1, 0.15) is 11.2 Å². The van der Waals surface area contributed by atoms with Crippen LogP contribution in [0.1, 0.15) is 81.6 Å². The monoisotopic (exact) mass is 392 g/mol. The van der Waals surface area contributed by atoms with Crippen LogP contribution in [0.3, 0.4) is 0 Å². The quantitative estimate of drug-likeness (QED) is 0.438. The minimum atomic E-state index is -2.26. The summed E-state index contributed by atoms with van der Waals surface area (Å²) in [5.74, 6) is -1.25. The largest absolute Gasteiger partial charge is 0.460 e. The van der Waals surface area contributed by atoms with Crippen LogP contribution in [0.25, 0.3) is 0 Å². The molecule has 0 fully saturated rings. The van der Waals surface area contributed by atoms with E-state index in [9.17, 15) is 14.2 Å². The second-order valence-corrected chi connectivity index (χ2v) is 10.9. The highest BCUT2D eigenvalue weighted by Gasteiger charge is 2.28. The van der Waals surface area contributed by atoms with Gasteiger partial charge in [-0.05, 0) is 75.2 Å². The van der Waals surface area contributed by atoms with Crippen LogP contribution in [0.5, 0.6) is 0 Å². The fourth-order valence-corrected chi connectivity index (χ4v) is 3.50. The lowest BCUT2D eigenvalue weighted by Gasteiger charge is -2.25. The molecule has 2 unspecified atom stereocenters. The van der Waals surface area contributed by atoms with Crippen LogP contribution in [0.4, 0.5) is 0 Å². The van der Waals surface area contributed by atoms with Crippen LogP contribution < -0.4 is 0 Å². The average Bonchev–Trinajstić information content (AvgIpc) is 2.31. The van der Waals surface area contributed by atoms with Crippen molar-refractivity contribution in [2.45, 2.75) is 98.4 Å². The molecule has 0 N–H and O–H groups in total. The zero-order chi connectivity index (χ0) is 20.8. The number of esters is 2. The first-order valence-electron chi connectivity index (χ1n) is 9.15. The lowest BCUT2D eigenvalue weighted by Crippen LogP contribution is -2.30. The molecular weight excluding hydrogens is 355 g/mol. The van der Waals surface area contributed by atoms with Gasteiger partial charge in [0.25, 0.3) is 0 Å². The molecule has 0 radical (unpaired) electrons. The van der Waals surface area contributed by atoms with E-state index in [-0.39, 0.29) is 24.5 Å². The fourth-order valence-electron chi connectivity index (χ4n) is 2.13. The summed E-state index contributed by atoms with van der Waals surface area (Å²) in [5, 5.41) is 0. The molecule has 0 aromatic heterocycles. The first kappa shape index (κ1) is 25.1. The smallest absolute Gasteiger partial charge is 0.309 e. The van der Waals surface area contributed by atoms with Crippen molar-refractivity contribution in [1.29, 1.82) is 0 Å². The highest BCUT2D eigenvalue weighted by Crippen LogP contribution is 2.33. The van der Waals surface area contributed by atoms with Gasteiger partial charge in [-0.3, -0.25) is 14.2 Å². The van der Waals surface area contributed by atoms with Crippen molar-refractivity contribution in [2.75, 3.05) is 6.16 Å². The van der Waals surface area contributed by atoms with E-state index in [0.717, 1.165) is 0 Å². The molecule has 7 heteroatoms. The molecular formula is C19H37O6P. The Kier molecular flexibility index (Phi) is 9.56. The Labute approximate surface area is 159 Å². The zero-order valence-corrected chi connectivity index (χ0v) is 18.9. The molecule has 0 saturated carbocycles. The topological polar surface area (TPSA) is 78.9 Å². The zero-order valence-electron chi connectivity index (χ0n) is 17.9. The Morgan fingerprint density at radius 1 is 0.808 bits per heavy atom. The van der Waals surface area contributed by atoms with Crippen LogP contribution in [0, 0.1) is 5.92 Å². The van der Waals surface area contributed by atoms with E-state index in [4.69, 9.17) is 14.0 Å². The van der Waals surface area contributed by atoms with E-state index >= 15 is 0 Å². The van der Waals surface area contributed by atoms with Gasteiger partial charge in [0, 0.05) is 12.6 Å². The van der Waals surface area contributed by atoms with Crippen molar-refractivity contribution in [3.05, 3.63) is 0 Å². The van der Waals surface area contributed by atoms with Crippen molar-refractivity contribution in [3.63, 3.8) is 0 Å². The Hall–Kier alpha value is -0.870. The van der Waals surface area contributed by atoms with Crippen LogP contribution >= 0.6 is 8.03 Å². The number of carbonyl (C=O) groups is 2. The Morgan fingerprint density at radius 2 is 1.31 bits per heavy atom. The summed E-state index contributed by atoms with van der Waals surface area (Å²) in [6.07, 6.45) is 1.04. The molecule has 0 amide bonds. The third-order valence-electron chi connectivity index (χ3n) is 2.97. The van der Waals surface area contributed by atoms with Crippen molar-refractivity contribution < 1.29 is 28.2 Å². The van der Waals surface area contributed by atoms with Gasteiger partial charge in [-0.25, -0.2) is 0 Å². The Morgan fingerprint density at radius 3 is 1.73 bits per heavy atom. The lowest BCUT2D eigenvalue weighted by atomic mass is 10.00. The maximum Gasteiger partial charge on any atom is 0.309 e. The van der Waals surface area contributed by atoms with Gasteiger partial charge in [-0.15, -0.1) is 0 Å². The molecule has 0 aromatic carbocycles. The van der Waals surface area contributed by atoms with E-state index in [1.165, 1.54) is 0 Å². The summed E-state index contributed by atoms with van der Waals surface area (Å²) >= 11 is 0. The minimum Gasteiger partial charge on any atom is -0.460 e. The molecule has 0 aliphatic rings. The summed E-state index contributed by atoms with van der Waals surface area (Å²) < 4.78 is 28.3.